The Labute approximate surface area is 125 Å². The quantitative estimate of drug-likeness (QED) is 0.628. The van der Waals surface area contributed by atoms with Crippen LogP contribution >= 0.6 is 0 Å². The lowest BCUT2D eigenvalue weighted by Crippen LogP contribution is -2.31. The SMILES string of the molecule is CC(=O)Nc1ccc(NCC(=O)NCCCN(C)C)cc1. The first-order valence-corrected chi connectivity index (χ1v) is 7.00. The Balaban J connectivity index is 2.25. The summed E-state index contributed by atoms with van der Waals surface area (Å²) in [6.07, 6.45) is 0.935. The van der Waals surface area contributed by atoms with E-state index in [4.69, 9.17) is 0 Å². The van der Waals surface area contributed by atoms with E-state index in [1.54, 1.807) is 12.1 Å². The summed E-state index contributed by atoms with van der Waals surface area (Å²) in [5.74, 6) is -0.132. The molecule has 3 N–H and O–H groups in total. The van der Waals surface area contributed by atoms with Gasteiger partial charge in [0.25, 0.3) is 0 Å². The van der Waals surface area contributed by atoms with Crippen molar-refractivity contribution >= 4 is 23.2 Å². The van der Waals surface area contributed by atoms with Crippen molar-refractivity contribution in [1.29, 1.82) is 0 Å². The van der Waals surface area contributed by atoms with Crippen LogP contribution in [-0.2, 0) is 9.59 Å². The van der Waals surface area contributed by atoms with E-state index in [-0.39, 0.29) is 18.4 Å². The van der Waals surface area contributed by atoms with Gasteiger partial charge in [-0.1, -0.05) is 0 Å². The van der Waals surface area contributed by atoms with Crippen molar-refractivity contribution < 1.29 is 9.59 Å². The minimum absolute atomic E-state index is 0.0281. The summed E-state index contributed by atoms with van der Waals surface area (Å²) in [5.41, 5.74) is 1.58. The van der Waals surface area contributed by atoms with E-state index in [0.29, 0.717) is 6.54 Å². The van der Waals surface area contributed by atoms with Crippen LogP contribution in [-0.4, -0.2) is 50.4 Å². The van der Waals surface area contributed by atoms with Crippen LogP contribution in [0.1, 0.15) is 13.3 Å². The van der Waals surface area contributed by atoms with Crippen LogP contribution < -0.4 is 16.0 Å². The number of nitrogens with one attached hydrogen (secondary N) is 3. The monoisotopic (exact) mass is 292 g/mol. The second kappa shape index (κ2) is 8.97. The first-order valence-electron chi connectivity index (χ1n) is 7.00. The first kappa shape index (κ1) is 17.0. The minimum atomic E-state index is -0.104. The highest BCUT2D eigenvalue weighted by Gasteiger charge is 2.01. The lowest BCUT2D eigenvalue weighted by molar-refractivity contribution is -0.119. The summed E-state index contributed by atoms with van der Waals surface area (Å²) >= 11 is 0. The minimum Gasteiger partial charge on any atom is -0.376 e. The predicted octanol–water partition coefficient (Wildman–Crippen LogP) is 1.12. The van der Waals surface area contributed by atoms with Gasteiger partial charge in [0.1, 0.15) is 0 Å². The Morgan fingerprint density at radius 1 is 1.10 bits per heavy atom. The van der Waals surface area contributed by atoms with E-state index in [1.165, 1.54) is 6.92 Å². The van der Waals surface area contributed by atoms with Crippen LogP contribution in [0.3, 0.4) is 0 Å². The van der Waals surface area contributed by atoms with E-state index >= 15 is 0 Å². The fraction of sp³-hybridized carbons (Fsp3) is 0.467. The van der Waals surface area contributed by atoms with Crippen molar-refractivity contribution in [3.63, 3.8) is 0 Å². The molecule has 0 unspecified atom stereocenters. The van der Waals surface area contributed by atoms with E-state index in [2.05, 4.69) is 20.9 Å². The third kappa shape index (κ3) is 7.94. The van der Waals surface area contributed by atoms with Crippen LogP contribution in [0.4, 0.5) is 11.4 Å². The highest BCUT2D eigenvalue weighted by Crippen LogP contribution is 2.12. The first-order chi connectivity index (χ1) is 9.97. The molecule has 1 rings (SSSR count). The standard InChI is InChI=1S/C15H24N4O2/c1-12(20)18-14-7-5-13(6-8-14)17-11-15(21)16-9-4-10-19(2)3/h5-8,17H,4,9-11H2,1-3H3,(H,16,21)(H,18,20). The topological polar surface area (TPSA) is 73.5 Å². The zero-order valence-corrected chi connectivity index (χ0v) is 12.9. The average Bonchev–Trinajstić information content (AvgIpc) is 2.42. The van der Waals surface area contributed by atoms with E-state index in [1.807, 2.05) is 26.2 Å². The molecule has 116 valence electrons. The molecule has 1 aromatic rings. The average molecular weight is 292 g/mol. The molecule has 0 aromatic heterocycles. The van der Waals surface area contributed by atoms with Gasteiger partial charge in [-0.25, -0.2) is 0 Å². The molecular weight excluding hydrogens is 268 g/mol. The molecule has 0 aliphatic carbocycles. The summed E-state index contributed by atoms with van der Waals surface area (Å²) in [4.78, 5) is 24.6. The van der Waals surface area contributed by atoms with Crippen molar-refractivity contribution in [3.8, 4) is 0 Å². The molecule has 0 aliphatic heterocycles. The number of nitrogens with zero attached hydrogens (tertiary/aromatic N) is 1. The van der Waals surface area contributed by atoms with Crippen molar-refractivity contribution in [2.45, 2.75) is 13.3 Å². The zero-order chi connectivity index (χ0) is 15.7. The van der Waals surface area contributed by atoms with Gasteiger partial charge in [-0.3, -0.25) is 9.59 Å². The fourth-order valence-corrected chi connectivity index (χ4v) is 1.74. The van der Waals surface area contributed by atoms with Crippen LogP contribution in [0.15, 0.2) is 24.3 Å². The fourth-order valence-electron chi connectivity index (χ4n) is 1.74. The van der Waals surface area contributed by atoms with E-state index in [0.717, 1.165) is 24.3 Å². The third-order valence-electron chi connectivity index (χ3n) is 2.76. The summed E-state index contributed by atoms with van der Waals surface area (Å²) in [6.45, 7) is 3.34. The maximum atomic E-state index is 11.6. The van der Waals surface area contributed by atoms with Crippen LogP contribution in [0.2, 0.25) is 0 Å². The van der Waals surface area contributed by atoms with Gasteiger partial charge in [-0.15, -0.1) is 0 Å². The van der Waals surface area contributed by atoms with Crippen molar-refractivity contribution in [2.75, 3.05) is 44.4 Å². The van der Waals surface area contributed by atoms with Gasteiger partial charge >= 0.3 is 0 Å². The number of anilines is 2. The molecule has 0 bridgehead atoms. The molecule has 0 spiro atoms. The highest BCUT2D eigenvalue weighted by molar-refractivity contribution is 5.88. The number of carbonyl (C=O) groups excluding carboxylic acids is 2. The Bertz CT molecular complexity index is 457. The van der Waals surface area contributed by atoms with Gasteiger partial charge in [0, 0.05) is 24.8 Å². The maximum absolute atomic E-state index is 11.6. The molecule has 6 heteroatoms. The van der Waals surface area contributed by atoms with E-state index in [9.17, 15) is 9.59 Å². The Morgan fingerprint density at radius 3 is 2.29 bits per heavy atom. The number of amides is 2. The van der Waals surface area contributed by atoms with Gasteiger partial charge < -0.3 is 20.9 Å². The number of carbonyl (C=O) groups is 2. The van der Waals surface area contributed by atoms with Gasteiger partial charge in [-0.05, 0) is 51.3 Å². The molecule has 0 saturated heterocycles. The Hall–Kier alpha value is -2.08. The van der Waals surface area contributed by atoms with Crippen molar-refractivity contribution in [3.05, 3.63) is 24.3 Å². The smallest absolute Gasteiger partial charge is 0.239 e. The van der Waals surface area contributed by atoms with Crippen molar-refractivity contribution in [2.24, 2.45) is 0 Å². The van der Waals surface area contributed by atoms with Crippen molar-refractivity contribution in [1.82, 2.24) is 10.2 Å². The van der Waals surface area contributed by atoms with E-state index < -0.39 is 0 Å². The summed E-state index contributed by atoms with van der Waals surface area (Å²) in [5, 5.41) is 8.59. The Morgan fingerprint density at radius 2 is 1.71 bits per heavy atom. The second-order valence-corrected chi connectivity index (χ2v) is 5.12. The van der Waals surface area contributed by atoms with Gasteiger partial charge in [0.15, 0.2) is 0 Å². The number of hydrogen-bond acceptors (Lipinski definition) is 4. The molecule has 1 aromatic carbocycles. The zero-order valence-electron chi connectivity index (χ0n) is 12.9. The van der Waals surface area contributed by atoms with Gasteiger partial charge in [0.05, 0.1) is 6.54 Å². The lowest BCUT2D eigenvalue weighted by atomic mass is 10.2. The molecule has 0 aliphatic rings. The van der Waals surface area contributed by atoms with Crippen LogP contribution in [0, 0.1) is 0 Å². The lowest BCUT2D eigenvalue weighted by Gasteiger charge is -2.11. The molecule has 0 saturated carbocycles. The molecule has 0 radical (unpaired) electrons. The molecule has 21 heavy (non-hydrogen) atoms. The van der Waals surface area contributed by atoms with Gasteiger partial charge in [0.2, 0.25) is 11.8 Å². The molecule has 0 atom stereocenters. The normalized spacial score (nSPS) is 10.3. The number of hydrogen-bond donors (Lipinski definition) is 3. The summed E-state index contributed by atoms with van der Waals surface area (Å²) < 4.78 is 0. The Kier molecular flexibility index (Phi) is 7.25. The van der Waals surface area contributed by atoms with Gasteiger partial charge in [-0.2, -0.15) is 0 Å². The largest absolute Gasteiger partial charge is 0.376 e. The molecule has 0 heterocycles. The second-order valence-electron chi connectivity index (χ2n) is 5.12. The summed E-state index contributed by atoms with van der Waals surface area (Å²) in [6, 6.07) is 7.23. The maximum Gasteiger partial charge on any atom is 0.239 e. The molecule has 0 fully saturated rings. The predicted molar refractivity (Wildman–Crippen MR) is 85.4 cm³/mol. The number of benzene rings is 1. The number of rotatable bonds is 8. The molecule has 2 amide bonds. The molecular formula is C15H24N4O2. The third-order valence-corrected chi connectivity index (χ3v) is 2.76. The molecule has 6 nitrogen and oxygen atoms in total. The van der Waals surface area contributed by atoms with Crippen LogP contribution in [0.5, 0.6) is 0 Å². The van der Waals surface area contributed by atoms with Crippen LogP contribution in [0.25, 0.3) is 0 Å². The highest BCUT2D eigenvalue weighted by atomic mass is 16.2. The summed E-state index contributed by atoms with van der Waals surface area (Å²) in [7, 11) is 4.02.